The quantitative estimate of drug-likeness (QED) is 0.0774. The third-order valence-electron chi connectivity index (χ3n) is 8.05. The molecule has 2 N–H and O–H groups in total. The number of nitrogens with zero attached hydrogens (tertiary/aromatic N) is 4. The van der Waals surface area contributed by atoms with Crippen LogP contribution in [-0.2, 0) is 69.3 Å². The molecule has 0 unspecified atom stereocenters. The summed E-state index contributed by atoms with van der Waals surface area (Å²) in [6.07, 6.45) is 0. The smallest absolute Gasteiger partial charge is 0.871 e. The number of amides is 1. The SMILES string of the molecule is CC(=O)Nc1cc(S(=O)(=O)[O-])cc2cc(S(=O)(=O)[O-])c(N=Nc3ccc(-c4ccc(N=Nc5cc(S(=O)(=O)[O-])c6cccc(O)c6c5[O-])c([O-])c4)cc3[O-])c([O-])c12.[Cu+2].[Cu+2].[Na+].[Na+].[Na+]. The molecule has 0 saturated carbocycles. The fraction of sp³-hybridized carbons (Fsp3) is 0.0294. The van der Waals surface area contributed by atoms with Crippen LogP contribution in [0.4, 0.5) is 28.4 Å². The van der Waals surface area contributed by atoms with Gasteiger partial charge in [0.15, 0.2) is 0 Å². The third kappa shape index (κ3) is 12.3. The predicted octanol–water partition coefficient (Wildman–Crippen LogP) is -5.83. The first-order valence-corrected chi connectivity index (χ1v) is 19.7. The fourth-order valence-electron chi connectivity index (χ4n) is 5.59. The minimum absolute atomic E-state index is 0. The van der Waals surface area contributed by atoms with E-state index in [4.69, 9.17) is 0 Å². The van der Waals surface area contributed by atoms with Gasteiger partial charge in [0, 0.05) is 23.4 Å². The van der Waals surface area contributed by atoms with Gasteiger partial charge < -0.3 is 44.5 Å². The van der Waals surface area contributed by atoms with E-state index in [2.05, 4.69) is 25.8 Å². The molecule has 20 nitrogen and oxygen atoms in total. The second kappa shape index (κ2) is 22.0. The zero-order valence-corrected chi connectivity index (χ0v) is 42.1. The number of hydrogen-bond donors (Lipinski definition) is 2. The van der Waals surface area contributed by atoms with Crippen LogP contribution in [0, 0.1) is 0 Å². The van der Waals surface area contributed by atoms with E-state index in [0.717, 1.165) is 43.3 Å². The maximum Gasteiger partial charge on any atom is 2.00 e. The van der Waals surface area contributed by atoms with E-state index < -0.39 is 119 Å². The number of benzene rings is 6. The molecule has 62 heavy (non-hydrogen) atoms. The van der Waals surface area contributed by atoms with Crippen molar-refractivity contribution in [3.8, 4) is 39.9 Å². The first-order valence-electron chi connectivity index (χ1n) is 15.4. The van der Waals surface area contributed by atoms with E-state index in [1.807, 2.05) is 0 Å². The van der Waals surface area contributed by atoms with E-state index in [1.54, 1.807) is 0 Å². The second-order valence-corrected chi connectivity index (χ2v) is 15.9. The van der Waals surface area contributed by atoms with Gasteiger partial charge in [0.05, 0.1) is 37.4 Å². The van der Waals surface area contributed by atoms with Gasteiger partial charge in [0.1, 0.15) is 36.1 Å². The number of rotatable bonds is 9. The van der Waals surface area contributed by atoms with Gasteiger partial charge in [0.25, 0.3) is 0 Å². The van der Waals surface area contributed by atoms with Crippen molar-refractivity contribution in [1.29, 1.82) is 0 Å². The molecule has 0 aliphatic carbocycles. The summed E-state index contributed by atoms with van der Waals surface area (Å²) in [7, 11) is -15.9. The van der Waals surface area contributed by atoms with Crippen LogP contribution in [0.5, 0.6) is 28.7 Å². The molecule has 0 aliphatic heterocycles. The monoisotopic (exact) mass is 1030 g/mol. The molecule has 312 valence electrons. The number of phenols is 1. The molecule has 2 radical (unpaired) electrons. The number of carbonyl (C=O) groups is 1. The Morgan fingerprint density at radius 2 is 1.11 bits per heavy atom. The molecule has 0 bridgehead atoms. The number of fused-ring (bicyclic) bond motifs is 2. The van der Waals surface area contributed by atoms with Crippen LogP contribution >= 0.6 is 0 Å². The second-order valence-electron chi connectivity index (χ2n) is 11.9. The van der Waals surface area contributed by atoms with Crippen LogP contribution < -0.4 is 114 Å². The van der Waals surface area contributed by atoms with Gasteiger partial charge in [-0.05, 0) is 64.4 Å². The zero-order valence-electron chi connectivity index (χ0n) is 31.8. The first kappa shape index (κ1) is 57.3. The number of anilines is 1. The molecule has 28 heteroatoms. The topological polar surface area (TPSA) is 363 Å². The fourth-order valence-corrected chi connectivity index (χ4v) is 7.46. The summed E-state index contributed by atoms with van der Waals surface area (Å²) >= 11 is 0. The molecule has 0 saturated heterocycles. The molecule has 6 rings (SSSR count). The minimum atomic E-state index is -5.54. The van der Waals surface area contributed by atoms with Gasteiger partial charge in [0.2, 0.25) is 5.91 Å². The summed E-state index contributed by atoms with van der Waals surface area (Å²) in [4.78, 5) is 8.69. The van der Waals surface area contributed by atoms with Gasteiger partial charge >= 0.3 is 123 Å². The molecular formula is C34H18Cu2N5Na3O15S3. The molecule has 1 amide bonds. The first-order chi connectivity index (χ1) is 26.5. The van der Waals surface area contributed by atoms with E-state index in [9.17, 15) is 69.2 Å². The number of nitrogens with one attached hydrogen (secondary N) is 1. The van der Waals surface area contributed by atoms with Crippen molar-refractivity contribution in [2.75, 3.05) is 5.32 Å². The number of carbonyl (C=O) groups excluding carboxylic acids is 1. The summed E-state index contributed by atoms with van der Waals surface area (Å²) in [5, 5.41) is 77.3. The van der Waals surface area contributed by atoms with Crippen molar-refractivity contribution in [2.24, 2.45) is 20.5 Å². The Labute approximate surface area is 439 Å². The Bertz CT molecular complexity index is 3150. The number of azo groups is 2. The summed E-state index contributed by atoms with van der Waals surface area (Å²) in [6, 6.07) is 12.7. The Kier molecular flexibility index (Phi) is 20.3. The minimum Gasteiger partial charge on any atom is -0.871 e. The molecule has 0 fully saturated rings. The summed E-state index contributed by atoms with van der Waals surface area (Å²) < 4.78 is 107. The molecule has 0 aromatic heterocycles. The molecule has 6 aromatic rings. The van der Waals surface area contributed by atoms with Crippen molar-refractivity contribution in [1.82, 2.24) is 0 Å². The van der Waals surface area contributed by atoms with Crippen molar-refractivity contribution in [3.63, 3.8) is 0 Å². The maximum atomic E-state index is 13.5. The van der Waals surface area contributed by atoms with Crippen LogP contribution in [0.2, 0.25) is 0 Å². The Morgan fingerprint density at radius 1 is 0.597 bits per heavy atom. The Balaban J connectivity index is 0.00000384. The maximum absolute atomic E-state index is 13.5. The summed E-state index contributed by atoms with van der Waals surface area (Å²) in [6.45, 7) is 0.985. The van der Waals surface area contributed by atoms with E-state index in [1.165, 1.54) is 18.2 Å². The van der Waals surface area contributed by atoms with Crippen molar-refractivity contribution in [2.45, 2.75) is 21.6 Å². The van der Waals surface area contributed by atoms with Crippen LogP contribution in [0.1, 0.15) is 6.92 Å². The average molecular weight is 1030 g/mol. The van der Waals surface area contributed by atoms with Crippen LogP contribution in [-0.4, -0.2) is 49.9 Å². The Hall–Kier alpha value is -2.72. The van der Waals surface area contributed by atoms with Crippen molar-refractivity contribution in [3.05, 3.63) is 78.9 Å². The van der Waals surface area contributed by atoms with Crippen LogP contribution in [0.15, 0.2) is 114 Å². The molecule has 0 atom stereocenters. The van der Waals surface area contributed by atoms with Gasteiger partial charge in [-0.1, -0.05) is 59.4 Å². The largest absolute Gasteiger partial charge is 2.00 e. The standard InChI is InChI=1S/C34H25N5O15S3.2Cu.3Na/c1-15(40)35-23-13-19(55(46,47)48)9-18-12-29(57(52,53)54)32(34(45)30(18)23)39-37-22-8-6-17(11-27(22)43)16-5-7-21(26(42)10-16)36-38-24-14-28(56(49,50)51)20-3-2-4-25(41)31(20)33(24)44;;;;;/h2-14,41-45H,1H3,(H,35,40)(H,46,47,48)(H,49,50,51)(H,52,53,54);;;;;/q;2*+2;3*+1/p-7. The van der Waals surface area contributed by atoms with Gasteiger partial charge in [-0.15, -0.1) is 5.11 Å². The zero-order chi connectivity index (χ0) is 41.8. The average Bonchev–Trinajstić information content (AvgIpc) is 3.10. The molecule has 6 aromatic carbocycles. The Morgan fingerprint density at radius 3 is 1.60 bits per heavy atom. The molecule has 0 spiro atoms. The predicted molar refractivity (Wildman–Crippen MR) is 186 cm³/mol. The summed E-state index contributed by atoms with van der Waals surface area (Å²) in [5.74, 6) is -5.46. The van der Waals surface area contributed by atoms with E-state index in [0.29, 0.717) is 24.3 Å². The van der Waals surface area contributed by atoms with Gasteiger partial charge in [-0.3, -0.25) is 4.79 Å². The normalized spacial score (nSPS) is 11.5. The molecular weight excluding hydrogens is 1010 g/mol. The number of phenolic OH excluding ortho intramolecular Hbond substituents is 1. The van der Waals surface area contributed by atoms with Crippen LogP contribution in [0.3, 0.4) is 0 Å². The third-order valence-corrected chi connectivity index (χ3v) is 10.6. The van der Waals surface area contributed by atoms with Crippen molar-refractivity contribution < 1.29 is 192 Å². The van der Waals surface area contributed by atoms with E-state index >= 15 is 0 Å². The molecule has 0 aliphatic rings. The number of aromatic hydroxyl groups is 1. The number of hydrogen-bond acceptors (Lipinski definition) is 19. The van der Waals surface area contributed by atoms with E-state index in [-0.39, 0.29) is 145 Å². The summed E-state index contributed by atoms with van der Waals surface area (Å²) in [5.41, 5.74) is -2.91. The van der Waals surface area contributed by atoms with Gasteiger partial charge in [-0.2, -0.15) is 15.3 Å². The van der Waals surface area contributed by atoms with Gasteiger partial charge in [-0.25, -0.2) is 25.3 Å². The van der Waals surface area contributed by atoms with Crippen molar-refractivity contribution >= 4 is 86.2 Å². The molecule has 0 heterocycles. The van der Waals surface area contributed by atoms with Crippen LogP contribution in [0.25, 0.3) is 32.7 Å².